The molecule has 1 heterocycles. The van der Waals surface area contributed by atoms with Gasteiger partial charge in [0.2, 0.25) is 0 Å². The average molecular weight is 280 g/mol. The Morgan fingerprint density at radius 2 is 1.95 bits per heavy atom. The van der Waals surface area contributed by atoms with Gasteiger partial charge in [0, 0.05) is 18.5 Å². The number of halogens is 1. The van der Waals surface area contributed by atoms with Gasteiger partial charge in [0.25, 0.3) is 0 Å². The maximum absolute atomic E-state index is 6.35. The predicted molar refractivity (Wildman–Crippen MR) is 81.8 cm³/mol. The minimum atomic E-state index is 0.255. The monoisotopic (exact) mass is 279 g/mol. The standard InChI is InChI=1S/C15H22ClN3/c1-9(2)11(8-17)15-18-13-7-5-6-12(16)14(13)19(15)10(3)4/h5-7,9-11H,8,17H2,1-4H3. The van der Waals surface area contributed by atoms with Gasteiger partial charge >= 0.3 is 0 Å². The number of benzene rings is 1. The quantitative estimate of drug-likeness (QED) is 0.920. The van der Waals surface area contributed by atoms with Crippen molar-refractivity contribution in [2.75, 3.05) is 6.54 Å². The molecule has 0 aliphatic heterocycles. The van der Waals surface area contributed by atoms with Gasteiger partial charge in [-0.3, -0.25) is 0 Å². The lowest BCUT2D eigenvalue weighted by molar-refractivity contribution is 0.449. The lowest BCUT2D eigenvalue weighted by Crippen LogP contribution is -2.22. The fourth-order valence-corrected chi connectivity index (χ4v) is 2.85. The largest absolute Gasteiger partial charge is 0.330 e. The van der Waals surface area contributed by atoms with Crippen LogP contribution >= 0.6 is 11.6 Å². The van der Waals surface area contributed by atoms with Gasteiger partial charge < -0.3 is 10.3 Å². The molecule has 2 rings (SSSR count). The number of nitrogens with two attached hydrogens (primary N) is 1. The van der Waals surface area contributed by atoms with Gasteiger partial charge in [-0.15, -0.1) is 0 Å². The summed E-state index contributed by atoms with van der Waals surface area (Å²) in [6.45, 7) is 9.28. The fraction of sp³-hybridized carbons (Fsp3) is 0.533. The van der Waals surface area contributed by atoms with Crippen molar-refractivity contribution in [1.82, 2.24) is 9.55 Å². The van der Waals surface area contributed by atoms with Crippen LogP contribution in [0.3, 0.4) is 0 Å². The molecular formula is C15H22ClN3. The van der Waals surface area contributed by atoms with Crippen LogP contribution in [0.25, 0.3) is 11.0 Å². The highest BCUT2D eigenvalue weighted by atomic mass is 35.5. The van der Waals surface area contributed by atoms with E-state index in [1.54, 1.807) is 0 Å². The Bertz CT molecular complexity index is 572. The molecule has 19 heavy (non-hydrogen) atoms. The summed E-state index contributed by atoms with van der Waals surface area (Å²) in [4.78, 5) is 4.79. The van der Waals surface area contributed by atoms with Crippen molar-refractivity contribution in [2.24, 2.45) is 11.7 Å². The number of aromatic nitrogens is 2. The van der Waals surface area contributed by atoms with Gasteiger partial charge in [-0.2, -0.15) is 0 Å². The first kappa shape index (κ1) is 14.4. The Morgan fingerprint density at radius 3 is 2.47 bits per heavy atom. The van der Waals surface area contributed by atoms with Crippen molar-refractivity contribution >= 4 is 22.6 Å². The van der Waals surface area contributed by atoms with E-state index in [4.69, 9.17) is 22.3 Å². The second kappa shape index (κ2) is 5.51. The highest BCUT2D eigenvalue weighted by molar-refractivity contribution is 6.35. The van der Waals surface area contributed by atoms with Gasteiger partial charge in [0.1, 0.15) is 5.82 Å². The SMILES string of the molecule is CC(C)C(CN)c1nc2cccc(Cl)c2n1C(C)C. The molecule has 1 aromatic carbocycles. The van der Waals surface area contributed by atoms with E-state index in [2.05, 4.69) is 32.3 Å². The third-order valence-corrected chi connectivity index (χ3v) is 3.90. The second-order valence-corrected chi connectivity index (χ2v) is 6.03. The van der Waals surface area contributed by atoms with E-state index in [0.29, 0.717) is 18.5 Å². The summed E-state index contributed by atoms with van der Waals surface area (Å²) in [5.41, 5.74) is 7.92. The molecule has 2 aromatic rings. The molecule has 3 nitrogen and oxygen atoms in total. The molecule has 104 valence electrons. The zero-order valence-electron chi connectivity index (χ0n) is 12.0. The Balaban J connectivity index is 2.73. The molecule has 0 amide bonds. The lowest BCUT2D eigenvalue weighted by Gasteiger charge is -2.22. The molecule has 1 atom stereocenters. The molecule has 0 fully saturated rings. The van der Waals surface area contributed by atoms with Crippen LogP contribution in [-0.2, 0) is 0 Å². The zero-order valence-corrected chi connectivity index (χ0v) is 12.8. The number of hydrogen-bond acceptors (Lipinski definition) is 2. The van der Waals surface area contributed by atoms with Gasteiger partial charge in [0.15, 0.2) is 0 Å². The van der Waals surface area contributed by atoms with Gasteiger partial charge in [-0.05, 0) is 31.9 Å². The predicted octanol–water partition coefficient (Wildman–Crippen LogP) is 3.97. The molecule has 0 saturated heterocycles. The average Bonchev–Trinajstić information content (AvgIpc) is 2.70. The van der Waals surface area contributed by atoms with E-state index in [0.717, 1.165) is 21.9 Å². The van der Waals surface area contributed by atoms with E-state index >= 15 is 0 Å². The summed E-state index contributed by atoms with van der Waals surface area (Å²) in [5.74, 6) is 1.76. The highest BCUT2D eigenvalue weighted by Crippen LogP contribution is 2.32. The molecule has 1 unspecified atom stereocenters. The zero-order chi connectivity index (χ0) is 14.2. The summed E-state index contributed by atoms with van der Waals surface area (Å²) < 4.78 is 2.23. The number of imidazole rings is 1. The number of hydrogen-bond donors (Lipinski definition) is 1. The van der Waals surface area contributed by atoms with Gasteiger partial charge in [0.05, 0.1) is 16.1 Å². The summed E-state index contributed by atoms with van der Waals surface area (Å²) in [6.07, 6.45) is 0. The topological polar surface area (TPSA) is 43.8 Å². The van der Waals surface area contributed by atoms with Crippen LogP contribution in [0.15, 0.2) is 18.2 Å². The van der Waals surface area contributed by atoms with E-state index < -0.39 is 0 Å². The third kappa shape index (κ3) is 2.49. The molecule has 4 heteroatoms. The van der Waals surface area contributed by atoms with Crippen LogP contribution in [0.5, 0.6) is 0 Å². The van der Waals surface area contributed by atoms with Crippen molar-refractivity contribution in [1.29, 1.82) is 0 Å². The smallest absolute Gasteiger partial charge is 0.114 e. The van der Waals surface area contributed by atoms with Crippen LogP contribution in [0.4, 0.5) is 0 Å². The van der Waals surface area contributed by atoms with Crippen LogP contribution in [-0.4, -0.2) is 16.1 Å². The van der Waals surface area contributed by atoms with Gasteiger partial charge in [-0.1, -0.05) is 31.5 Å². The summed E-state index contributed by atoms with van der Waals surface area (Å²) in [5, 5.41) is 0.754. The van der Waals surface area contributed by atoms with E-state index in [-0.39, 0.29) is 5.92 Å². The number of para-hydroxylation sites is 1. The Labute approximate surface area is 119 Å². The first-order valence-corrected chi connectivity index (χ1v) is 7.21. The van der Waals surface area contributed by atoms with Crippen LogP contribution in [0.1, 0.15) is 45.5 Å². The first-order chi connectivity index (χ1) is 8.97. The van der Waals surface area contributed by atoms with E-state index in [1.165, 1.54) is 0 Å². The van der Waals surface area contributed by atoms with Crippen molar-refractivity contribution in [3.63, 3.8) is 0 Å². The minimum Gasteiger partial charge on any atom is -0.330 e. The van der Waals surface area contributed by atoms with E-state index in [9.17, 15) is 0 Å². The highest BCUT2D eigenvalue weighted by Gasteiger charge is 2.24. The summed E-state index contributed by atoms with van der Waals surface area (Å²) in [7, 11) is 0. The van der Waals surface area contributed by atoms with E-state index in [1.807, 2.05) is 18.2 Å². The molecule has 0 spiro atoms. The molecule has 0 saturated carbocycles. The number of fused-ring (bicyclic) bond motifs is 1. The van der Waals surface area contributed by atoms with Crippen LogP contribution in [0.2, 0.25) is 5.02 Å². The van der Waals surface area contributed by atoms with Crippen molar-refractivity contribution in [2.45, 2.75) is 39.7 Å². The number of rotatable bonds is 4. The third-order valence-electron chi connectivity index (χ3n) is 3.59. The molecule has 1 aromatic heterocycles. The molecule has 0 aliphatic carbocycles. The summed E-state index contributed by atoms with van der Waals surface area (Å²) in [6, 6.07) is 6.19. The maximum Gasteiger partial charge on any atom is 0.114 e. The molecule has 2 N–H and O–H groups in total. The first-order valence-electron chi connectivity index (χ1n) is 6.83. The second-order valence-electron chi connectivity index (χ2n) is 5.63. The molecule has 0 aliphatic rings. The summed E-state index contributed by atoms with van der Waals surface area (Å²) >= 11 is 6.35. The van der Waals surface area contributed by atoms with Gasteiger partial charge in [-0.25, -0.2) is 4.98 Å². The normalized spacial score (nSPS) is 13.7. The van der Waals surface area contributed by atoms with Crippen molar-refractivity contribution in [3.05, 3.63) is 29.0 Å². The van der Waals surface area contributed by atoms with Crippen molar-refractivity contribution in [3.8, 4) is 0 Å². The Hall–Kier alpha value is -1.06. The van der Waals surface area contributed by atoms with Crippen LogP contribution < -0.4 is 5.73 Å². The fourth-order valence-electron chi connectivity index (χ4n) is 2.58. The molecule has 0 bridgehead atoms. The Kier molecular flexibility index (Phi) is 4.16. The number of nitrogens with zero attached hydrogens (tertiary/aromatic N) is 2. The van der Waals surface area contributed by atoms with Crippen LogP contribution in [0, 0.1) is 5.92 Å². The lowest BCUT2D eigenvalue weighted by atomic mass is 9.95. The minimum absolute atomic E-state index is 0.255. The Morgan fingerprint density at radius 1 is 1.26 bits per heavy atom. The maximum atomic E-state index is 6.35. The molecule has 0 radical (unpaired) electrons. The van der Waals surface area contributed by atoms with Crippen molar-refractivity contribution < 1.29 is 0 Å². The molecular weight excluding hydrogens is 258 g/mol.